The number of nitrogens with zero attached hydrogens (tertiary/aromatic N) is 2. The number of sulfone groups is 1. The number of anilines is 1. The molecule has 0 spiro atoms. The summed E-state index contributed by atoms with van der Waals surface area (Å²) in [4.78, 5) is 19.8. The van der Waals surface area contributed by atoms with Crippen LogP contribution in [0.1, 0.15) is 15.9 Å². The van der Waals surface area contributed by atoms with E-state index in [4.69, 9.17) is 0 Å². The summed E-state index contributed by atoms with van der Waals surface area (Å²) in [7, 11) is -3.52. The maximum absolute atomic E-state index is 12.0. The van der Waals surface area contributed by atoms with Crippen LogP contribution >= 0.6 is 0 Å². The molecule has 104 valence electrons. The Hall–Kier alpha value is -2.28. The molecule has 2 aromatic rings. The molecular weight excluding hydrogens is 278 g/mol. The highest BCUT2D eigenvalue weighted by molar-refractivity contribution is 7.90. The zero-order chi connectivity index (χ0) is 14.8. The summed E-state index contributed by atoms with van der Waals surface area (Å²) in [5.41, 5.74) is 1.26. The van der Waals surface area contributed by atoms with Crippen molar-refractivity contribution in [3.8, 4) is 0 Å². The average Bonchev–Trinajstić information content (AvgIpc) is 2.38. The minimum absolute atomic E-state index is 0.152. The maximum atomic E-state index is 12.0. The summed E-state index contributed by atoms with van der Waals surface area (Å²) in [6.07, 6.45) is 5.44. The number of aryl methyl sites for hydroxylation is 1. The Morgan fingerprint density at radius 3 is 2.65 bits per heavy atom. The molecule has 2 aromatic heterocycles. The third-order valence-corrected chi connectivity index (χ3v) is 3.54. The van der Waals surface area contributed by atoms with Gasteiger partial charge in [0.2, 0.25) is 0 Å². The number of pyridine rings is 2. The number of aromatic nitrogens is 2. The summed E-state index contributed by atoms with van der Waals surface area (Å²) < 4.78 is 23.3. The Morgan fingerprint density at radius 2 is 2.05 bits per heavy atom. The van der Waals surface area contributed by atoms with Gasteiger partial charge in [-0.1, -0.05) is 0 Å². The van der Waals surface area contributed by atoms with E-state index in [1.807, 2.05) is 0 Å². The monoisotopic (exact) mass is 291 g/mol. The van der Waals surface area contributed by atoms with E-state index in [9.17, 15) is 13.2 Å². The zero-order valence-electron chi connectivity index (χ0n) is 11.0. The molecule has 0 aromatic carbocycles. The van der Waals surface area contributed by atoms with E-state index in [-0.39, 0.29) is 10.7 Å². The number of rotatable bonds is 3. The Labute approximate surface area is 116 Å². The Kier molecular flexibility index (Phi) is 3.80. The lowest BCUT2D eigenvalue weighted by molar-refractivity contribution is 0.102. The lowest BCUT2D eigenvalue weighted by atomic mass is 10.2. The van der Waals surface area contributed by atoms with Crippen LogP contribution in [0.15, 0.2) is 41.8 Å². The lowest BCUT2D eigenvalue weighted by Gasteiger charge is -2.09. The number of nitrogens with one attached hydrogen (secondary N) is 1. The van der Waals surface area contributed by atoms with Crippen LogP contribution < -0.4 is 5.32 Å². The summed E-state index contributed by atoms with van der Waals surface area (Å²) in [5.74, 6) is -0.435. The second-order valence-electron chi connectivity index (χ2n) is 4.33. The van der Waals surface area contributed by atoms with E-state index < -0.39 is 15.7 Å². The van der Waals surface area contributed by atoms with Gasteiger partial charge in [0.05, 0.1) is 11.3 Å². The smallest absolute Gasteiger partial charge is 0.257 e. The molecule has 0 atom stereocenters. The zero-order valence-corrected chi connectivity index (χ0v) is 11.8. The Balaban J connectivity index is 2.39. The van der Waals surface area contributed by atoms with Gasteiger partial charge in [0.25, 0.3) is 5.91 Å². The molecule has 0 fully saturated rings. The standard InChI is InChI=1S/C13H13N3O3S/c1-9-6-11(13(15-7-9)20(2,18)19)16-12(17)10-4-3-5-14-8-10/h3-8H,1-2H3,(H,16,17). The van der Waals surface area contributed by atoms with Gasteiger partial charge in [-0.05, 0) is 30.7 Å². The summed E-state index contributed by atoms with van der Waals surface area (Å²) >= 11 is 0. The van der Waals surface area contributed by atoms with Crippen LogP contribution in [0.4, 0.5) is 5.69 Å². The van der Waals surface area contributed by atoms with Gasteiger partial charge in [0.15, 0.2) is 14.9 Å². The molecule has 7 heteroatoms. The van der Waals surface area contributed by atoms with Crippen molar-refractivity contribution >= 4 is 21.4 Å². The number of hydrogen-bond acceptors (Lipinski definition) is 5. The fourth-order valence-electron chi connectivity index (χ4n) is 1.63. The highest BCUT2D eigenvalue weighted by Gasteiger charge is 2.17. The highest BCUT2D eigenvalue weighted by atomic mass is 32.2. The fourth-order valence-corrected chi connectivity index (χ4v) is 2.39. The van der Waals surface area contributed by atoms with Gasteiger partial charge in [-0.25, -0.2) is 13.4 Å². The van der Waals surface area contributed by atoms with Crippen LogP contribution in [0.25, 0.3) is 0 Å². The van der Waals surface area contributed by atoms with Crippen molar-refractivity contribution in [2.45, 2.75) is 11.9 Å². The van der Waals surface area contributed by atoms with Gasteiger partial charge >= 0.3 is 0 Å². The largest absolute Gasteiger partial charge is 0.319 e. The molecule has 0 unspecified atom stereocenters. The molecule has 0 aliphatic carbocycles. The fraction of sp³-hybridized carbons (Fsp3) is 0.154. The van der Waals surface area contributed by atoms with Crippen LogP contribution in [0.5, 0.6) is 0 Å². The molecule has 0 aliphatic heterocycles. The predicted octanol–water partition coefficient (Wildman–Crippen LogP) is 1.44. The minimum Gasteiger partial charge on any atom is -0.319 e. The average molecular weight is 291 g/mol. The van der Waals surface area contributed by atoms with E-state index in [1.54, 1.807) is 31.3 Å². The van der Waals surface area contributed by atoms with Crippen molar-refractivity contribution < 1.29 is 13.2 Å². The lowest BCUT2D eigenvalue weighted by Crippen LogP contribution is -2.15. The number of amides is 1. The van der Waals surface area contributed by atoms with E-state index in [1.165, 1.54) is 12.4 Å². The number of carbonyl (C=O) groups excluding carboxylic acids is 1. The van der Waals surface area contributed by atoms with Gasteiger partial charge < -0.3 is 5.32 Å². The van der Waals surface area contributed by atoms with Crippen LogP contribution in [0, 0.1) is 6.92 Å². The third kappa shape index (κ3) is 3.18. The molecule has 2 heterocycles. The van der Waals surface area contributed by atoms with Crippen molar-refractivity contribution in [2.24, 2.45) is 0 Å². The quantitative estimate of drug-likeness (QED) is 0.924. The Bertz CT molecular complexity index is 743. The second-order valence-corrected chi connectivity index (χ2v) is 6.26. The molecular formula is C13H13N3O3S. The molecule has 2 rings (SSSR count). The molecule has 6 nitrogen and oxygen atoms in total. The van der Waals surface area contributed by atoms with Crippen molar-refractivity contribution in [2.75, 3.05) is 11.6 Å². The van der Waals surface area contributed by atoms with Crippen LogP contribution in [-0.4, -0.2) is 30.5 Å². The van der Waals surface area contributed by atoms with E-state index in [0.29, 0.717) is 5.56 Å². The molecule has 1 amide bonds. The second kappa shape index (κ2) is 5.38. The first kappa shape index (κ1) is 14.1. The van der Waals surface area contributed by atoms with Crippen LogP contribution in [0.3, 0.4) is 0 Å². The normalized spacial score (nSPS) is 11.1. The molecule has 0 saturated carbocycles. The topological polar surface area (TPSA) is 89.0 Å². The maximum Gasteiger partial charge on any atom is 0.257 e. The van der Waals surface area contributed by atoms with Gasteiger partial charge in [-0.3, -0.25) is 9.78 Å². The molecule has 0 radical (unpaired) electrons. The SMILES string of the molecule is Cc1cnc(S(C)(=O)=O)c(NC(=O)c2cccnc2)c1. The van der Waals surface area contributed by atoms with Crippen molar-refractivity contribution in [1.29, 1.82) is 0 Å². The van der Waals surface area contributed by atoms with Crippen molar-refractivity contribution in [3.05, 3.63) is 47.9 Å². The molecule has 20 heavy (non-hydrogen) atoms. The first-order valence-corrected chi connectivity index (χ1v) is 7.65. The van der Waals surface area contributed by atoms with Gasteiger partial charge in [-0.2, -0.15) is 0 Å². The number of carbonyl (C=O) groups is 1. The van der Waals surface area contributed by atoms with Crippen molar-refractivity contribution in [3.63, 3.8) is 0 Å². The van der Waals surface area contributed by atoms with E-state index in [2.05, 4.69) is 15.3 Å². The first-order chi connectivity index (χ1) is 9.38. The summed E-state index contributed by atoms with van der Waals surface area (Å²) in [6.45, 7) is 1.76. The van der Waals surface area contributed by atoms with Crippen LogP contribution in [0.2, 0.25) is 0 Å². The van der Waals surface area contributed by atoms with Crippen molar-refractivity contribution in [1.82, 2.24) is 9.97 Å². The highest BCUT2D eigenvalue weighted by Crippen LogP contribution is 2.20. The molecule has 0 saturated heterocycles. The summed E-state index contributed by atoms with van der Waals surface area (Å²) in [5, 5.41) is 2.40. The summed E-state index contributed by atoms with van der Waals surface area (Å²) in [6, 6.07) is 4.78. The number of hydrogen-bond donors (Lipinski definition) is 1. The van der Waals surface area contributed by atoms with Gasteiger partial charge in [0, 0.05) is 24.8 Å². The van der Waals surface area contributed by atoms with Gasteiger partial charge in [0.1, 0.15) is 0 Å². The molecule has 0 aliphatic rings. The predicted molar refractivity (Wildman–Crippen MR) is 74.3 cm³/mol. The molecule has 0 bridgehead atoms. The van der Waals surface area contributed by atoms with Gasteiger partial charge in [-0.15, -0.1) is 0 Å². The minimum atomic E-state index is -3.52. The Morgan fingerprint density at radius 1 is 1.30 bits per heavy atom. The van der Waals surface area contributed by atoms with Crippen LogP contribution in [-0.2, 0) is 9.84 Å². The van der Waals surface area contributed by atoms with E-state index in [0.717, 1.165) is 11.8 Å². The first-order valence-electron chi connectivity index (χ1n) is 5.76. The van der Waals surface area contributed by atoms with E-state index >= 15 is 0 Å². The molecule has 1 N–H and O–H groups in total. The third-order valence-electron chi connectivity index (χ3n) is 2.51.